The number of benzene rings is 3. The van der Waals surface area contributed by atoms with Crippen LogP contribution >= 0.6 is 11.8 Å². The second-order valence-corrected chi connectivity index (χ2v) is 8.70. The molecule has 4 aromatic rings. The molecule has 5 nitrogen and oxygen atoms in total. The summed E-state index contributed by atoms with van der Waals surface area (Å²) in [5.74, 6) is -1.87. The second kappa shape index (κ2) is 9.54. The van der Waals surface area contributed by atoms with Gasteiger partial charge in [-0.25, -0.2) is 13.8 Å². The number of nitrogens with zero attached hydrogens (tertiary/aromatic N) is 2. The first-order chi connectivity index (χ1) is 15.8. The van der Waals surface area contributed by atoms with Crippen molar-refractivity contribution < 1.29 is 13.6 Å². The lowest BCUT2D eigenvalue weighted by molar-refractivity contribution is -0.113. The first-order valence-corrected chi connectivity index (χ1v) is 11.3. The van der Waals surface area contributed by atoms with Crippen LogP contribution in [0.4, 0.5) is 14.5 Å². The molecule has 1 N–H and O–H groups in total. The number of thioether (sulfide) groups is 1. The van der Waals surface area contributed by atoms with Gasteiger partial charge in [0.15, 0.2) is 5.16 Å². The molecule has 0 atom stereocenters. The molecule has 168 valence electrons. The maximum atomic E-state index is 13.9. The Hall–Kier alpha value is -3.52. The zero-order valence-electron chi connectivity index (χ0n) is 18.0. The number of nitrogens with one attached hydrogen (secondary N) is 1. The van der Waals surface area contributed by atoms with E-state index in [1.807, 2.05) is 24.3 Å². The van der Waals surface area contributed by atoms with Crippen LogP contribution in [0, 0.1) is 11.6 Å². The molecule has 0 aliphatic rings. The zero-order valence-corrected chi connectivity index (χ0v) is 18.8. The maximum Gasteiger partial charge on any atom is 0.266 e. The summed E-state index contributed by atoms with van der Waals surface area (Å²) < 4.78 is 28.4. The van der Waals surface area contributed by atoms with E-state index in [0.717, 1.165) is 29.5 Å². The minimum absolute atomic E-state index is 0.116. The highest BCUT2D eigenvalue weighted by Crippen LogP contribution is 2.24. The van der Waals surface area contributed by atoms with Crippen molar-refractivity contribution in [2.75, 3.05) is 11.1 Å². The topological polar surface area (TPSA) is 64.0 Å². The molecule has 0 aliphatic carbocycles. The number of halogens is 2. The van der Waals surface area contributed by atoms with Crippen LogP contribution < -0.4 is 10.9 Å². The molecular formula is C25H21F2N3O2S. The minimum atomic E-state index is -0.862. The number of fused-ring (bicyclic) bond motifs is 1. The number of para-hydroxylation sites is 1. The molecule has 1 aromatic heterocycles. The fraction of sp³-hybridized carbons (Fsp3) is 0.160. The Balaban J connectivity index is 1.66. The van der Waals surface area contributed by atoms with Crippen LogP contribution in [0.3, 0.4) is 0 Å². The normalized spacial score (nSPS) is 11.2. The third kappa shape index (κ3) is 4.96. The predicted octanol–water partition coefficient (Wildman–Crippen LogP) is 5.52. The first kappa shape index (κ1) is 22.7. The third-order valence-electron chi connectivity index (χ3n) is 5.10. The molecule has 0 spiro atoms. The van der Waals surface area contributed by atoms with Crippen molar-refractivity contribution in [3.05, 3.63) is 94.3 Å². The van der Waals surface area contributed by atoms with Gasteiger partial charge < -0.3 is 5.32 Å². The Morgan fingerprint density at radius 1 is 1.06 bits per heavy atom. The quantitative estimate of drug-likeness (QED) is 0.301. The summed E-state index contributed by atoms with van der Waals surface area (Å²) >= 11 is 1.06. The van der Waals surface area contributed by atoms with E-state index in [0.29, 0.717) is 33.7 Å². The Morgan fingerprint density at radius 2 is 1.79 bits per heavy atom. The van der Waals surface area contributed by atoms with E-state index in [9.17, 15) is 18.4 Å². The fourth-order valence-corrected chi connectivity index (χ4v) is 4.17. The second-order valence-electron chi connectivity index (χ2n) is 7.76. The molecule has 33 heavy (non-hydrogen) atoms. The van der Waals surface area contributed by atoms with E-state index in [-0.39, 0.29) is 17.0 Å². The summed E-state index contributed by atoms with van der Waals surface area (Å²) in [5, 5.41) is 3.23. The molecular weight excluding hydrogens is 444 g/mol. The number of carbonyl (C=O) groups is 1. The SMILES string of the molecule is CC(C)c1ccc(-n2c(SCC(=O)Nc3ccc(F)cc3F)nc3ccccc3c2=O)cc1. The van der Waals surface area contributed by atoms with E-state index in [4.69, 9.17) is 0 Å². The fourth-order valence-electron chi connectivity index (χ4n) is 3.35. The Morgan fingerprint density at radius 3 is 2.48 bits per heavy atom. The van der Waals surface area contributed by atoms with Crippen molar-refractivity contribution in [1.29, 1.82) is 0 Å². The molecule has 8 heteroatoms. The Kier molecular flexibility index (Phi) is 6.55. The molecule has 1 heterocycles. The molecule has 4 rings (SSSR count). The average molecular weight is 466 g/mol. The Bertz CT molecular complexity index is 1390. The van der Waals surface area contributed by atoms with Crippen LogP contribution in [0.1, 0.15) is 25.3 Å². The molecule has 3 aromatic carbocycles. The summed E-state index contributed by atoms with van der Waals surface area (Å²) in [4.78, 5) is 30.3. The van der Waals surface area contributed by atoms with Crippen LogP contribution in [-0.4, -0.2) is 21.2 Å². The van der Waals surface area contributed by atoms with Gasteiger partial charge in [-0.15, -0.1) is 0 Å². The highest BCUT2D eigenvalue weighted by atomic mass is 32.2. The zero-order chi connectivity index (χ0) is 23.5. The van der Waals surface area contributed by atoms with E-state index < -0.39 is 17.5 Å². The van der Waals surface area contributed by atoms with Gasteiger partial charge in [-0.1, -0.05) is 49.9 Å². The van der Waals surface area contributed by atoms with Crippen molar-refractivity contribution in [3.8, 4) is 5.69 Å². The van der Waals surface area contributed by atoms with E-state index >= 15 is 0 Å². The summed E-state index contributed by atoms with van der Waals surface area (Å²) in [7, 11) is 0. The van der Waals surface area contributed by atoms with Gasteiger partial charge >= 0.3 is 0 Å². The Labute approximate surface area is 193 Å². The highest BCUT2D eigenvalue weighted by molar-refractivity contribution is 7.99. The molecule has 0 saturated carbocycles. The summed E-state index contributed by atoms with van der Waals surface area (Å²) in [6, 6.07) is 17.6. The van der Waals surface area contributed by atoms with Crippen molar-refractivity contribution in [1.82, 2.24) is 9.55 Å². The van der Waals surface area contributed by atoms with Crippen molar-refractivity contribution in [3.63, 3.8) is 0 Å². The lowest BCUT2D eigenvalue weighted by Crippen LogP contribution is -2.23. The van der Waals surface area contributed by atoms with Gasteiger partial charge in [0.2, 0.25) is 5.91 Å². The number of hydrogen-bond acceptors (Lipinski definition) is 4. The molecule has 0 fully saturated rings. The van der Waals surface area contributed by atoms with Gasteiger partial charge in [0.05, 0.1) is 28.0 Å². The monoisotopic (exact) mass is 465 g/mol. The van der Waals surface area contributed by atoms with E-state index in [2.05, 4.69) is 24.1 Å². The number of amides is 1. The lowest BCUT2D eigenvalue weighted by atomic mass is 10.0. The lowest BCUT2D eigenvalue weighted by Gasteiger charge is -2.14. The van der Waals surface area contributed by atoms with Crippen molar-refractivity contribution in [2.45, 2.75) is 24.9 Å². The van der Waals surface area contributed by atoms with Crippen LogP contribution in [0.15, 0.2) is 76.7 Å². The number of carbonyl (C=O) groups excluding carboxylic acids is 1. The molecule has 0 saturated heterocycles. The molecule has 1 amide bonds. The van der Waals surface area contributed by atoms with Crippen LogP contribution in [0.2, 0.25) is 0 Å². The number of hydrogen-bond donors (Lipinski definition) is 1. The predicted molar refractivity (Wildman–Crippen MR) is 127 cm³/mol. The number of rotatable bonds is 6. The smallest absolute Gasteiger partial charge is 0.266 e. The van der Waals surface area contributed by atoms with Crippen LogP contribution in [0.25, 0.3) is 16.6 Å². The van der Waals surface area contributed by atoms with Gasteiger partial charge in [0.25, 0.3) is 5.56 Å². The standard InChI is InChI=1S/C25H21F2N3O2S/c1-15(2)16-7-10-18(11-8-16)30-24(32)19-5-3-4-6-21(19)29-25(30)33-14-23(31)28-22-12-9-17(26)13-20(22)27/h3-13,15H,14H2,1-2H3,(H,28,31). The van der Waals surface area contributed by atoms with Gasteiger partial charge in [-0.3, -0.25) is 14.2 Å². The minimum Gasteiger partial charge on any atom is -0.323 e. The summed E-state index contributed by atoms with van der Waals surface area (Å²) in [6.45, 7) is 4.17. The molecule has 0 radical (unpaired) electrons. The summed E-state index contributed by atoms with van der Waals surface area (Å²) in [6.07, 6.45) is 0. The van der Waals surface area contributed by atoms with Crippen LogP contribution in [-0.2, 0) is 4.79 Å². The highest BCUT2D eigenvalue weighted by Gasteiger charge is 2.16. The van der Waals surface area contributed by atoms with E-state index in [1.165, 1.54) is 4.57 Å². The maximum absolute atomic E-state index is 13.9. The third-order valence-corrected chi connectivity index (χ3v) is 6.04. The number of anilines is 1. The van der Waals surface area contributed by atoms with Gasteiger partial charge in [0.1, 0.15) is 11.6 Å². The number of aromatic nitrogens is 2. The summed E-state index contributed by atoms with van der Waals surface area (Å²) in [5.41, 5.74) is 1.93. The van der Waals surface area contributed by atoms with Crippen molar-refractivity contribution in [2.24, 2.45) is 0 Å². The molecule has 0 bridgehead atoms. The average Bonchev–Trinajstić information content (AvgIpc) is 2.80. The largest absolute Gasteiger partial charge is 0.323 e. The molecule has 0 unspecified atom stereocenters. The first-order valence-electron chi connectivity index (χ1n) is 10.3. The van der Waals surface area contributed by atoms with Gasteiger partial charge in [-0.05, 0) is 47.9 Å². The van der Waals surface area contributed by atoms with Gasteiger partial charge in [-0.2, -0.15) is 0 Å². The molecule has 0 aliphatic heterocycles. The van der Waals surface area contributed by atoms with Gasteiger partial charge in [0, 0.05) is 6.07 Å². The van der Waals surface area contributed by atoms with Crippen molar-refractivity contribution >= 4 is 34.3 Å². The van der Waals surface area contributed by atoms with E-state index in [1.54, 1.807) is 24.3 Å². The van der Waals surface area contributed by atoms with Crippen LogP contribution in [0.5, 0.6) is 0 Å².